The van der Waals surface area contributed by atoms with Gasteiger partial charge in [0, 0.05) is 29.0 Å². The fraction of sp³-hybridized carbons (Fsp3) is 0.429. The van der Waals surface area contributed by atoms with Gasteiger partial charge in [0.2, 0.25) is 11.8 Å². The summed E-state index contributed by atoms with van der Waals surface area (Å²) >= 11 is 0. The minimum absolute atomic E-state index is 0.119. The van der Waals surface area contributed by atoms with Gasteiger partial charge in [-0.15, -0.1) is 0 Å². The highest BCUT2D eigenvalue weighted by Crippen LogP contribution is 2.48. The number of nitrogens with one attached hydrogen (secondary N) is 2. The standard InChI is InChI=1S/C28H31FN4O4/c1-27(2,3)33-25(36)28(24(35)31-26(33)37)16-18-15-20(30-23(34)17-8-10-19(29)11-9-17)12-13-21(18)32-14-6-4-5-7-22(28)32/h8-13,15,22H,4-7,14,16H2,1-3H3,(H,30,34)(H,31,35,37)/t22-,28-/m0/s1. The lowest BCUT2D eigenvalue weighted by molar-refractivity contribution is -0.156. The van der Waals surface area contributed by atoms with Crippen molar-refractivity contribution < 1.29 is 23.6 Å². The van der Waals surface area contributed by atoms with E-state index in [4.69, 9.17) is 0 Å². The molecule has 2 aromatic carbocycles. The maximum absolute atomic E-state index is 14.1. The van der Waals surface area contributed by atoms with Gasteiger partial charge >= 0.3 is 6.03 Å². The normalized spacial score (nSPS) is 23.8. The van der Waals surface area contributed by atoms with Gasteiger partial charge in [0.25, 0.3) is 5.91 Å². The van der Waals surface area contributed by atoms with Crippen LogP contribution < -0.4 is 15.5 Å². The lowest BCUT2D eigenvalue weighted by Gasteiger charge is -2.53. The minimum Gasteiger partial charge on any atom is -0.367 e. The summed E-state index contributed by atoms with van der Waals surface area (Å²) in [4.78, 5) is 56.6. The first-order valence-electron chi connectivity index (χ1n) is 12.7. The molecule has 5 rings (SSSR count). The summed E-state index contributed by atoms with van der Waals surface area (Å²) in [7, 11) is 0. The Morgan fingerprint density at radius 1 is 1.05 bits per heavy atom. The predicted molar refractivity (Wildman–Crippen MR) is 137 cm³/mol. The number of rotatable bonds is 2. The molecule has 0 aliphatic carbocycles. The molecule has 0 unspecified atom stereocenters. The highest BCUT2D eigenvalue weighted by atomic mass is 19.1. The average molecular weight is 507 g/mol. The average Bonchev–Trinajstić information content (AvgIpc) is 3.08. The molecule has 2 N–H and O–H groups in total. The highest BCUT2D eigenvalue weighted by Gasteiger charge is 2.63. The van der Waals surface area contributed by atoms with Crippen molar-refractivity contribution >= 4 is 35.1 Å². The van der Waals surface area contributed by atoms with Gasteiger partial charge < -0.3 is 10.2 Å². The molecule has 0 bridgehead atoms. The molecule has 0 saturated carbocycles. The van der Waals surface area contributed by atoms with E-state index in [0.717, 1.165) is 30.5 Å². The van der Waals surface area contributed by atoms with Gasteiger partial charge in [-0.2, -0.15) is 0 Å². The molecule has 0 radical (unpaired) electrons. The molecule has 2 aromatic rings. The number of carbonyl (C=O) groups is 4. The van der Waals surface area contributed by atoms with Crippen LogP contribution >= 0.6 is 0 Å². The highest BCUT2D eigenvalue weighted by molar-refractivity contribution is 6.20. The number of imide groups is 2. The summed E-state index contributed by atoms with van der Waals surface area (Å²) in [5.41, 5.74) is 0.223. The smallest absolute Gasteiger partial charge is 0.331 e. The van der Waals surface area contributed by atoms with Crippen molar-refractivity contribution in [1.29, 1.82) is 0 Å². The predicted octanol–water partition coefficient (Wildman–Crippen LogP) is 4.25. The second kappa shape index (κ2) is 8.97. The first-order chi connectivity index (χ1) is 17.5. The van der Waals surface area contributed by atoms with Gasteiger partial charge in [-0.05, 0) is 88.1 Å². The molecular weight excluding hydrogens is 475 g/mol. The number of halogens is 1. The van der Waals surface area contributed by atoms with Crippen LogP contribution in [0.3, 0.4) is 0 Å². The molecule has 8 nitrogen and oxygen atoms in total. The largest absolute Gasteiger partial charge is 0.367 e. The third kappa shape index (κ3) is 4.16. The Morgan fingerprint density at radius 3 is 2.49 bits per heavy atom. The van der Waals surface area contributed by atoms with Crippen molar-refractivity contribution in [3.63, 3.8) is 0 Å². The van der Waals surface area contributed by atoms with E-state index < -0.39 is 40.5 Å². The third-order valence-corrected chi connectivity index (χ3v) is 7.63. The van der Waals surface area contributed by atoms with E-state index >= 15 is 0 Å². The van der Waals surface area contributed by atoms with E-state index in [9.17, 15) is 23.6 Å². The second-order valence-corrected chi connectivity index (χ2v) is 11.1. The van der Waals surface area contributed by atoms with Crippen LogP contribution in [0.15, 0.2) is 42.5 Å². The Kier molecular flexibility index (Phi) is 6.04. The van der Waals surface area contributed by atoms with Crippen LogP contribution in [0.4, 0.5) is 20.6 Å². The third-order valence-electron chi connectivity index (χ3n) is 7.63. The van der Waals surface area contributed by atoms with Gasteiger partial charge in [-0.3, -0.25) is 24.6 Å². The number of anilines is 2. The van der Waals surface area contributed by atoms with Crippen LogP contribution in [0, 0.1) is 11.2 Å². The summed E-state index contributed by atoms with van der Waals surface area (Å²) in [6.07, 6.45) is 3.57. The van der Waals surface area contributed by atoms with Crippen molar-refractivity contribution in [2.24, 2.45) is 5.41 Å². The quantitative estimate of drug-likeness (QED) is 0.594. The minimum atomic E-state index is -1.46. The lowest BCUT2D eigenvalue weighted by atomic mass is 9.67. The van der Waals surface area contributed by atoms with E-state index in [1.54, 1.807) is 32.9 Å². The molecule has 3 heterocycles. The van der Waals surface area contributed by atoms with Crippen molar-refractivity contribution in [3.8, 4) is 0 Å². The van der Waals surface area contributed by atoms with E-state index in [0.29, 0.717) is 24.2 Å². The molecule has 3 aliphatic heterocycles. The molecule has 5 amide bonds. The Labute approximate surface area is 215 Å². The van der Waals surface area contributed by atoms with Crippen molar-refractivity contribution in [3.05, 3.63) is 59.4 Å². The molecule has 3 aliphatic rings. The van der Waals surface area contributed by atoms with Crippen LogP contribution in [-0.2, 0) is 16.0 Å². The zero-order chi connectivity index (χ0) is 26.5. The van der Waals surface area contributed by atoms with Gasteiger partial charge in [0.1, 0.15) is 5.82 Å². The Hall–Kier alpha value is -3.75. The number of hydrogen-bond acceptors (Lipinski definition) is 5. The molecular formula is C28H31FN4O4. The van der Waals surface area contributed by atoms with Crippen LogP contribution in [0.25, 0.3) is 0 Å². The monoisotopic (exact) mass is 506 g/mol. The van der Waals surface area contributed by atoms with Crippen molar-refractivity contribution in [1.82, 2.24) is 10.2 Å². The number of nitrogens with zero attached hydrogens (tertiary/aromatic N) is 2. The number of amides is 5. The van der Waals surface area contributed by atoms with Crippen LogP contribution in [0.5, 0.6) is 0 Å². The maximum atomic E-state index is 14.1. The number of barbiturate groups is 1. The summed E-state index contributed by atoms with van der Waals surface area (Å²) in [6, 6.07) is 9.68. The molecule has 0 aromatic heterocycles. The molecule has 2 atom stereocenters. The summed E-state index contributed by atoms with van der Waals surface area (Å²) in [6.45, 7) is 6.01. The molecule has 37 heavy (non-hydrogen) atoms. The number of urea groups is 1. The number of hydrogen-bond donors (Lipinski definition) is 2. The van der Waals surface area contributed by atoms with Crippen LogP contribution in [-0.4, -0.2) is 46.8 Å². The summed E-state index contributed by atoms with van der Waals surface area (Å²) < 4.78 is 13.3. The van der Waals surface area contributed by atoms with Gasteiger partial charge in [0.15, 0.2) is 5.41 Å². The fourth-order valence-corrected chi connectivity index (χ4v) is 5.93. The Bertz CT molecular complexity index is 1290. The van der Waals surface area contributed by atoms with Gasteiger partial charge in [-0.1, -0.05) is 12.8 Å². The fourth-order valence-electron chi connectivity index (χ4n) is 5.93. The Balaban J connectivity index is 1.56. The zero-order valence-corrected chi connectivity index (χ0v) is 21.3. The van der Waals surface area contributed by atoms with Gasteiger partial charge in [-0.25, -0.2) is 9.18 Å². The molecule has 9 heteroatoms. The second-order valence-electron chi connectivity index (χ2n) is 11.1. The number of benzene rings is 2. The van der Waals surface area contributed by atoms with Crippen molar-refractivity contribution in [2.75, 3.05) is 16.8 Å². The number of carbonyl (C=O) groups excluding carboxylic acids is 4. The first kappa shape index (κ1) is 24.9. The first-order valence-corrected chi connectivity index (χ1v) is 12.7. The summed E-state index contributed by atoms with van der Waals surface area (Å²) in [5, 5.41) is 5.32. The molecule has 194 valence electrons. The van der Waals surface area contributed by atoms with Gasteiger partial charge in [0.05, 0.1) is 6.04 Å². The molecule has 2 fully saturated rings. The number of fused-ring (bicyclic) bond motifs is 4. The van der Waals surface area contributed by atoms with E-state index in [2.05, 4.69) is 15.5 Å². The van der Waals surface area contributed by atoms with E-state index in [1.165, 1.54) is 29.2 Å². The topological polar surface area (TPSA) is 98.8 Å². The molecule has 2 saturated heterocycles. The molecule has 1 spiro atoms. The van der Waals surface area contributed by atoms with Crippen molar-refractivity contribution in [2.45, 2.75) is 64.5 Å². The Morgan fingerprint density at radius 2 is 1.78 bits per heavy atom. The van der Waals surface area contributed by atoms with Crippen LogP contribution in [0.1, 0.15) is 62.4 Å². The maximum Gasteiger partial charge on any atom is 0.331 e. The summed E-state index contributed by atoms with van der Waals surface area (Å²) in [5.74, 6) is -1.86. The zero-order valence-electron chi connectivity index (χ0n) is 21.3. The lowest BCUT2D eigenvalue weighted by Crippen LogP contribution is -2.74. The van der Waals surface area contributed by atoms with Crippen LogP contribution in [0.2, 0.25) is 0 Å². The SMILES string of the molecule is CC(C)(C)N1C(=O)NC(=O)[C@@]2(Cc3cc(NC(=O)c4ccc(F)cc4)ccc3N3CCCCC[C@H]32)C1=O. The van der Waals surface area contributed by atoms with E-state index in [1.807, 2.05) is 6.07 Å². The van der Waals surface area contributed by atoms with E-state index in [-0.39, 0.29) is 12.5 Å².